The van der Waals surface area contributed by atoms with Crippen LogP contribution in [0.15, 0.2) is 30.7 Å². The predicted molar refractivity (Wildman–Crippen MR) is 81.8 cm³/mol. The lowest BCUT2D eigenvalue weighted by Gasteiger charge is -2.23. The second kappa shape index (κ2) is 5.71. The van der Waals surface area contributed by atoms with Crippen LogP contribution in [0.3, 0.4) is 0 Å². The number of pyridine rings is 1. The van der Waals surface area contributed by atoms with E-state index in [9.17, 15) is 9.59 Å². The number of anilines is 1. The molecule has 1 saturated carbocycles. The largest absolute Gasteiger partial charge is 0.306 e. The van der Waals surface area contributed by atoms with Crippen LogP contribution >= 0.6 is 0 Å². The van der Waals surface area contributed by atoms with Gasteiger partial charge in [-0.1, -0.05) is 0 Å². The molecule has 22 heavy (non-hydrogen) atoms. The Hall–Kier alpha value is -2.50. The Bertz CT molecular complexity index is 691. The van der Waals surface area contributed by atoms with Crippen molar-refractivity contribution in [1.82, 2.24) is 14.8 Å². The van der Waals surface area contributed by atoms with E-state index in [2.05, 4.69) is 10.1 Å². The number of aromatic nitrogens is 3. The molecule has 0 saturated heterocycles. The molecule has 2 aromatic heterocycles. The van der Waals surface area contributed by atoms with Gasteiger partial charge in [0.2, 0.25) is 5.91 Å². The average molecular weight is 298 g/mol. The van der Waals surface area contributed by atoms with Gasteiger partial charge >= 0.3 is 0 Å². The second-order valence-corrected chi connectivity index (χ2v) is 5.62. The molecule has 1 atom stereocenters. The molecule has 1 aliphatic rings. The summed E-state index contributed by atoms with van der Waals surface area (Å²) in [5, 5.41) is 4.47. The van der Waals surface area contributed by atoms with E-state index in [0.717, 1.165) is 29.9 Å². The van der Waals surface area contributed by atoms with Gasteiger partial charge in [-0.25, -0.2) is 4.68 Å². The standard InChI is InChI=1S/C16H18N4O2/c1-11(10-21)16(22)20(13-5-6-13)15-9-19(18-12(15)2)14-4-3-7-17-8-14/h3-4,7-11,13H,5-6H2,1-2H3. The van der Waals surface area contributed by atoms with Crippen molar-refractivity contribution < 1.29 is 9.59 Å². The van der Waals surface area contributed by atoms with Crippen LogP contribution in [-0.2, 0) is 9.59 Å². The SMILES string of the molecule is Cc1nn(-c2cccnc2)cc1N(C(=O)C(C)C=O)C1CC1. The van der Waals surface area contributed by atoms with Crippen molar-refractivity contribution in [2.75, 3.05) is 4.90 Å². The van der Waals surface area contributed by atoms with Crippen LogP contribution in [0.5, 0.6) is 0 Å². The van der Waals surface area contributed by atoms with Crippen LogP contribution in [0.4, 0.5) is 5.69 Å². The number of amides is 1. The van der Waals surface area contributed by atoms with E-state index in [1.54, 1.807) is 28.9 Å². The van der Waals surface area contributed by atoms with Gasteiger partial charge in [-0.2, -0.15) is 5.10 Å². The van der Waals surface area contributed by atoms with E-state index in [4.69, 9.17) is 0 Å². The van der Waals surface area contributed by atoms with E-state index in [1.165, 1.54) is 0 Å². The summed E-state index contributed by atoms with van der Waals surface area (Å²) in [6.45, 7) is 3.50. The van der Waals surface area contributed by atoms with E-state index < -0.39 is 5.92 Å². The highest BCUT2D eigenvalue weighted by Gasteiger charge is 2.37. The zero-order valence-corrected chi connectivity index (χ0v) is 12.6. The smallest absolute Gasteiger partial charge is 0.237 e. The number of rotatable bonds is 5. The van der Waals surface area contributed by atoms with Gasteiger partial charge in [-0.05, 0) is 38.8 Å². The van der Waals surface area contributed by atoms with E-state index >= 15 is 0 Å². The lowest BCUT2D eigenvalue weighted by atomic mass is 10.1. The summed E-state index contributed by atoms with van der Waals surface area (Å²) in [4.78, 5) is 29.3. The lowest BCUT2D eigenvalue weighted by Crippen LogP contribution is -2.37. The Morgan fingerprint density at radius 1 is 1.50 bits per heavy atom. The summed E-state index contributed by atoms with van der Waals surface area (Å²) in [6, 6.07) is 3.92. The van der Waals surface area contributed by atoms with E-state index in [0.29, 0.717) is 6.29 Å². The molecule has 0 radical (unpaired) electrons. The van der Waals surface area contributed by atoms with E-state index in [1.807, 2.05) is 25.3 Å². The second-order valence-electron chi connectivity index (χ2n) is 5.62. The van der Waals surface area contributed by atoms with Crippen molar-refractivity contribution in [3.63, 3.8) is 0 Å². The molecular formula is C16H18N4O2. The first-order chi connectivity index (χ1) is 10.6. The Morgan fingerprint density at radius 3 is 2.86 bits per heavy atom. The quantitative estimate of drug-likeness (QED) is 0.624. The molecule has 6 nitrogen and oxygen atoms in total. The number of carbonyl (C=O) groups excluding carboxylic acids is 2. The van der Waals surface area contributed by atoms with Gasteiger partial charge in [0.05, 0.1) is 35.4 Å². The van der Waals surface area contributed by atoms with Crippen molar-refractivity contribution in [2.24, 2.45) is 5.92 Å². The summed E-state index contributed by atoms with van der Waals surface area (Å²) in [5.74, 6) is -0.798. The summed E-state index contributed by atoms with van der Waals surface area (Å²) in [6.07, 6.45) is 7.88. The van der Waals surface area contributed by atoms with Crippen LogP contribution in [-0.4, -0.2) is 33.0 Å². The molecule has 0 aromatic carbocycles. The molecule has 0 spiro atoms. The maximum Gasteiger partial charge on any atom is 0.237 e. The fraction of sp³-hybridized carbons (Fsp3) is 0.375. The van der Waals surface area contributed by atoms with Gasteiger partial charge in [0.1, 0.15) is 6.29 Å². The molecule has 1 amide bonds. The zero-order chi connectivity index (χ0) is 15.7. The first-order valence-corrected chi connectivity index (χ1v) is 7.37. The number of hydrogen-bond donors (Lipinski definition) is 0. The molecule has 114 valence electrons. The molecule has 1 aliphatic carbocycles. The summed E-state index contributed by atoms with van der Waals surface area (Å²) < 4.78 is 1.71. The number of aryl methyl sites for hydroxylation is 1. The first kappa shape index (κ1) is 14.4. The maximum absolute atomic E-state index is 12.5. The maximum atomic E-state index is 12.5. The summed E-state index contributed by atoms with van der Waals surface area (Å²) in [5.41, 5.74) is 2.37. The summed E-state index contributed by atoms with van der Waals surface area (Å²) in [7, 11) is 0. The van der Waals surface area contributed by atoms with Crippen LogP contribution in [0, 0.1) is 12.8 Å². The molecule has 3 rings (SSSR count). The van der Waals surface area contributed by atoms with Crippen LogP contribution in [0.25, 0.3) is 5.69 Å². The highest BCUT2D eigenvalue weighted by Crippen LogP contribution is 2.34. The molecule has 1 fully saturated rings. The third-order valence-electron chi connectivity index (χ3n) is 3.79. The molecule has 1 unspecified atom stereocenters. The molecule has 0 bridgehead atoms. The lowest BCUT2D eigenvalue weighted by molar-refractivity contribution is -0.126. The molecule has 0 N–H and O–H groups in total. The Balaban J connectivity index is 1.97. The molecule has 0 aliphatic heterocycles. The number of carbonyl (C=O) groups is 2. The molecular weight excluding hydrogens is 280 g/mol. The highest BCUT2D eigenvalue weighted by atomic mass is 16.2. The minimum atomic E-state index is -0.637. The van der Waals surface area contributed by atoms with Gasteiger partial charge in [0.25, 0.3) is 0 Å². The number of hydrogen-bond acceptors (Lipinski definition) is 4. The van der Waals surface area contributed by atoms with Gasteiger partial charge in [0, 0.05) is 12.2 Å². The number of nitrogens with zero attached hydrogens (tertiary/aromatic N) is 4. The van der Waals surface area contributed by atoms with Crippen LogP contribution in [0.2, 0.25) is 0 Å². The van der Waals surface area contributed by atoms with Gasteiger partial charge in [-0.3, -0.25) is 9.78 Å². The molecule has 2 aromatic rings. The Labute approximate surface area is 128 Å². The Morgan fingerprint density at radius 2 is 2.27 bits per heavy atom. The van der Waals surface area contributed by atoms with Crippen molar-refractivity contribution in [3.8, 4) is 5.69 Å². The van der Waals surface area contributed by atoms with Crippen molar-refractivity contribution in [1.29, 1.82) is 0 Å². The third-order valence-corrected chi connectivity index (χ3v) is 3.79. The minimum Gasteiger partial charge on any atom is -0.306 e. The van der Waals surface area contributed by atoms with Crippen LogP contribution < -0.4 is 4.90 Å². The predicted octanol–water partition coefficient (Wildman–Crippen LogP) is 1.91. The normalized spacial score (nSPS) is 15.4. The van der Waals surface area contributed by atoms with Crippen molar-refractivity contribution >= 4 is 17.9 Å². The van der Waals surface area contributed by atoms with Crippen molar-refractivity contribution in [3.05, 3.63) is 36.4 Å². The summed E-state index contributed by atoms with van der Waals surface area (Å²) >= 11 is 0. The highest BCUT2D eigenvalue weighted by molar-refractivity contribution is 6.03. The fourth-order valence-corrected chi connectivity index (χ4v) is 2.41. The topological polar surface area (TPSA) is 68.1 Å². The van der Waals surface area contributed by atoms with E-state index in [-0.39, 0.29) is 11.9 Å². The zero-order valence-electron chi connectivity index (χ0n) is 12.6. The van der Waals surface area contributed by atoms with Gasteiger partial charge < -0.3 is 9.69 Å². The number of aldehydes is 1. The Kier molecular flexibility index (Phi) is 3.75. The first-order valence-electron chi connectivity index (χ1n) is 7.37. The monoisotopic (exact) mass is 298 g/mol. The fourth-order valence-electron chi connectivity index (χ4n) is 2.41. The van der Waals surface area contributed by atoms with Gasteiger partial charge in [-0.15, -0.1) is 0 Å². The average Bonchev–Trinajstić information content (AvgIpc) is 3.31. The molecule has 6 heteroatoms. The minimum absolute atomic E-state index is 0.161. The third kappa shape index (κ3) is 2.64. The van der Waals surface area contributed by atoms with Crippen LogP contribution in [0.1, 0.15) is 25.5 Å². The van der Waals surface area contributed by atoms with Crippen molar-refractivity contribution in [2.45, 2.75) is 32.7 Å². The molecule has 2 heterocycles. The van der Waals surface area contributed by atoms with Gasteiger partial charge in [0.15, 0.2) is 0 Å².